The van der Waals surface area contributed by atoms with Crippen LogP contribution in [-0.4, -0.2) is 22.3 Å². The van der Waals surface area contributed by atoms with Crippen LogP contribution in [0.3, 0.4) is 0 Å². The van der Waals surface area contributed by atoms with Gasteiger partial charge in [0.25, 0.3) is 0 Å². The van der Waals surface area contributed by atoms with Gasteiger partial charge in [0.15, 0.2) is 0 Å². The molecule has 0 saturated heterocycles. The van der Waals surface area contributed by atoms with Gasteiger partial charge in [-0.2, -0.15) is 0 Å². The molecule has 1 atom stereocenters. The minimum absolute atomic E-state index is 0.220. The molecule has 1 heterocycles. The summed E-state index contributed by atoms with van der Waals surface area (Å²) in [6.07, 6.45) is 6.02. The molecule has 0 amide bonds. The molecule has 0 aliphatic rings. The Labute approximate surface area is 92.1 Å². The first-order valence-electron chi connectivity index (χ1n) is 5.79. The lowest BCUT2D eigenvalue weighted by Gasteiger charge is -2.08. The van der Waals surface area contributed by atoms with Crippen molar-refractivity contribution in [3.8, 4) is 0 Å². The Bertz CT molecular complexity index is 270. The van der Waals surface area contributed by atoms with Crippen LogP contribution in [0.25, 0.3) is 0 Å². The van der Waals surface area contributed by atoms with Gasteiger partial charge >= 0.3 is 0 Å². The third kappa shape index (κ3) is 4.49. The Morgan fingerprint density at radius 1 is 1.47 bits per heavy atom. The number of aryl methyl sites for hydroxylation is 1. The fourth-order valence-electron chi connectivity index (χ4n) is 1.52. The number of aliphatic hydroxyl groups is 1. The fourth-order valence-corrected chi connectivity index (χ4v) is 1.52. The molecule has 0 aliphatic heterocycles. The summed E-state index contributed by atoms with van der Waals surface area (Å²) in [5, 5.41) is 12.6. The highest BCUT2D eigenvalue weighted by atomic mass is 16.3. The van der Waals surface area contributed by atoms with Crippen molar-refractivity contribution in [2.45, 2.75) is 45.9 Å². The monoisotopic (exact) mass is 210 g/mol. The smallest absolute Gasteiger partial charge is 0.0662 e. The van der Waals surface area contributed by atoms with Gasteiger partial charge in [-0.15, -0.1) is 0 Å². The van der Waals surface area contributed by atoms with E-state index in [2.05, 4.69) is 35.3 Å². The number of aromatic nitrogens is 1. The molecule has 3 nitrogen and oxygen atoms in total. The molecule has 0 bridgehead atoms. The van der Waals surface area contributed by atoms with E-state index in [1.165, 1.54) is 5.56 Å². The van der Waals surface area contributed by atoms with Gasteiger partial charge in [-0.25, -0.2) is 0 Å². The Morgan fingerprint density at radius 3 is 2.93 bits per heavy atom. The molecule has 1 rings (SSSR count). The maximum absolute atomic E-state index is 9.36. The van der Waals surface area contributed by atoms with E-state index in [-0.39, 0.29) is 6.10 Å². The van der Waals surface area contributed by atoms with Crippen molar-refractivity contribution in [1.82, 2.24) is 9.88 Å². The van der Waals surface area contributed by atoms with Gasteiger partial charge in [0.2, 0.25) is 0 Å². The predicted molar refractivity (Wildman–Crippen MR) is 62.7 cm³/mol. The van der Waals surface area contributed by atoms with Crippen molar-refractivity contribution in [2.24, 2.45) is 0 Å². The summed E-state index contributed by atoms with van der Waals surface area (Å²) in [5.74, 6) is 0. The third-order valence-electron chi connectivity index (χ3n) is 2.47. The van der Waals surface area contributed by atoms with Gasteiger partial charge in [0.05, 0.1) is 6.10 Å². The molecule has 3 heteroatoms. The lowest BCUT2D eigenvalue weighted by molar-refractivity contribution is 0.167. The SMILES string of the molecule is CCCn1ccc(CNCC(O)CC)c1. The third-order valence-corrected chi connectivity index (χ3v) is 2.47. The average Bonchev–Trinajstić information content (AvgIpc) is 2.66. The first-order chi connectivity index (χ1) is 7.26. The largest absolute Gasteiger partial charge is 0.392 e. The molecule has 2 N–H and O–H groups in total. The topological polar surface area (TPSA) is 37.2 Å². The number of rotatable bonds is 7. The molecular formula is C12H22N2O. The molecule has 0 fully saturated rings. The van der Waals surface area contributed by atoms with E-state index in [0.29, 0.717) is 6.54 Å². The van der Waals surface area contributed by atoms with E-state index in [1.807, 2.05) is 6.92 Å². The van der Waals surface area contributed by atoms with E-state index >= 15 is 0 Å². The van der Waals surface area contributed by atoms with Crippen molar-refractivity contribution < 1.29 is 5.11 Å². The highest BCUT2D eigenvalue weighted by Crippen LogP contribution is 2.02. The molecule has 86 valence electrons. The molecule has 0 radical (unpaired) electrons. The zero-order chi connectivity index (χ0) is 11.1. The van der Waals surface area contributed by atoms with Gasteiger partial charge in [-0.05, 0) is 24.5 Å². The van der Waals surface area contributed by atoms with E-state index in [0.717, 1.165) is 25.9 Å². The van der Waals surface area contributed by atoms with Crippen LogP contribution in [0, 0.1) is 0 Å². The normalized spacial score (nSPS) is 13.0. The van der Waals surface area contributed by atoms with Crippen LogP contribution in [0.4, 0.5) is 0 Å². The Hall–Kier alpha value is -0.800. The number of hydrogen-bond donors (Lipinski definition) is 2. The van der Waals surface area contributed by atoms with E-state index in [9.17, 15) is 5.11 Å². The van der Waals surface area contributed by atoms with Crippen molar-refractivity contribution in [3.05, 3.63) is 24.0 Å². The number of nitrogens with one attached hydrogen (secondary N) is 1. The molecule has 0 aliphatic carbocycles. The molecule has 1 aromatic rings. The van der Waals surface area contributed by atoms with Crippen molar-refractivity contribution in [3.63, 3.8) is 0 Å². The maximum atomic E-state index is 9.36. The van der Waals surface area contributed by atoms with Crippen LogP contribution in [-0.2, 0) is 13.1 Å². The van der Waals surface area contributed by atoms with Crippen molar-refractivity contribution >= 4 is 0 Å². The molecule has 15 heavy (non-hydrogen) atoms. The van der Waals surface area contributed by atoms with Crippen molar-refractivity contribution in [2.75, 3.05) is 6.54 Å². The maximum Gasteiger partial charge on any atom is 0.0662 e. The quantitative estimate of drug-likeness (QED) is 0.719. The predicted octanol–water partition coefficient (Wildman–Crippen LogP) is 1.76. The zero-order valence-electron chi connectivity index (χ0n) is 9.74. The second-order valence-corrected chi connectivity index (χ2v) is 3.95. The van der Waals surface area contributed by atoms with Gasteiger partial charge in [-0.1, -0.05) is 13.8 Å². The summed E-state index contributed by atoms with van der Waals surface area (Å²) < 4.78 is 2.20. The van der Waals surface area contributed by atoms with E-state index in [4.69, 9.17) is 0 Å². The van der Waals surface area contributed by atoms with E-state index < -0.39 is 0 Å². The van der Waals surface area contributed by atoms with Crippen LogP contribution < -0.4 is 5.32 Å². The Morgan fingerprint density at radius 2 is 2.27 bits per heavy atom. The van der Waals surface area contributed by atoms with Gasteiger partial charge in [0.1, 0.15) is 0 Å². The molecule has 0 saturated carbocycles. The first kappa shape index (κ1) is 12.3. The summed E-state index contributed by atoms with van der Waals surface area (Å²) in [4.78, 5) is 0. The Kier molecular flexibility index (Phi) is 5.43. The first-order valence-corrected chi connectivity index (χ1v) is 5.79. The molecular weight excluding hydrogens is 188 g/mol. The van der Waals surface area contributed by atoms with Crippen molar-refractivity contribution in [1.29, 1.82) is 0 Å². The number of hydrogen-bond acceptors (Lipinski definition) is 2. The second kappa shape index (κ2) is 6.64. The zero-order valence-corrected chi connectivity index (χ0v) is 9.74. The Balaban J connectivity index is 2.25. The number of nitrogens with zero attached hydrogens (tertiary/aromatic N) is 1. The summed E-state index contributed by atoms with van der Waals surface area (Å²) >= 11 is 0. The standard InChI is InChI=1S/C12H22N2O/c1-3-6-14-7-5-11(10-14)8-13-9-12(15)4-2/h5,7,10,12-13,15H,3-4,6,8-9H2,1-2H3. The fraction of sp³-hybridized carbons (Fsp3) is 0.667. The van der Waals surface area contributed by atoms with Crippen LogP contribution in [0.5, 0.6) is 0 Å². The summed E-state index contributed by atoms with van der Waals surface area (Å²) in [5.41, 5.74) is 1.28. The van der Waals surface area contributed by atoms with Crippen LogP contribution >= 0.6 is 0 Å². The minimum Gasteiger partial charge on any atom is -0.392 e. The lowest BCUT2D eigenvalue weighted by atomic mass is 10.2. The van der Waals surface area contributed by atoms with Gasteiger partial charge < -0.3 is 15.0 Å². The highest BCUT2D eigenvalue weighted by Gasteiger charge is 2.00. The van der Waals surface area contributed by atoms with Crippen LogP contribution in [0.2, 0.25) is 0 Å². The van der Waals surface area contributed by atoms with Gasteiger partial charge in [-0.3, -0.25) is 0 Å². The van der Waals surface area contributed by atoms with Crippen LogP contribution in [0.15, 0.2) is 18.5 Å². The summed E-state index contributed by atoms with van der Waals surface area (Å²) in [6.45, 7) is 6.76. The molecule has 1 unspecified atom stereocenters. The summed E-state index contributed by atoms with van der Waals surface area (Å²) in [7, 11) is 0. The lowest BCUT2D eigenvalue weighted by Crippen LogP contribution is -2.25. The number of aliphatic hydroxyl groups excluding tert-OH is 1. The molecule has 0 spiro atoms. The van der Waals surface area contributed by atoms with E-state index in [1.54, 1.807) is 0 Å². The molecule has 0 aromatic carbocycles. The summed E-state index contributed by atoms with van der Waals surface area (Å²) in [6, 6.07) is 2.13. The minimum atomic E-state index is -0.220. The van der Waals surface area contributed by atoms with Gasteiger partial charge in [0, 0.05) is 32.0 Å². The highest BCUT2D eigenvalue weighted by molar-refractivity contribution is 5.09. The molecule has 1 aromatic heterocycles. The second-order valence-electron chi connectivity index (χ2n) is 3.95. The van der Waals surface area contributed by atoms with Crippen LogP contribution in [0.1, 0.15) is 32.3 Å². The average molecular weight is 210 g/mol.